The zero-order chi connectivity index (χ0) is 14.3. The number of rotatable bonds is 6. The highest BCUT2D eigenvalue weighted by atomic mass is 32.2. The number of aliphatic hydroxyl groups excluding tert-OH is 1. The molecule has 1 unspecified atom stereocenters. The molecule has 0 radical (unpaired) electrons. The van der Waals surface area contributed by atoms with Crippen molar-refractivity contribution in [1.82, 2.24) is 5.32 Å². The van der Waals surface area contributed by atoms with E-state index in [9.17, 15) is 5.11 Å². The number of hydrogen-bond donors (Lipinski definition) is 2. The lowest BCUT2D eigenvalue weighted by Gasteiger charge is -2.24. The number of aliphatic hydroxyl groups is 1. The smallest absolute Gasteiger partial charge is 0.214 e. The molecule has 0 saturated heterocycles. The van der Waals surface area contributed by atoms with Gasteiger partial charge in [0.1, 0.15) is 0 Å². The summed E-state index contributed by atoms with van der Waals surface area (Å²) in [7, 11) is 0. The van der Waals surface area contributed by atoms with E-state index in [4.69, 9.17) is 10.00 Å². The zero-order valence-electron chi connectivity index (χ0n) is 11.5. The third-order valence-corrected chi connectivity index (χ3v) is 3.05. The van der Waals surface area contributed by atoms with Gasteiger partial charge in [-0.2, -0.15) is 5.26 Å². The Bertz CT molecular complexity index is 421. The SMILES string of the molecule is CC(C)(C)OC(O)NCc1ccc(SCC#N)cc1. The standard InChI is InChI=1S/C14H20N2O2S/c1-14(2,3)18-13(17)16-10-11-4-6-12(7-5-11)19-9-8-15/h4-7,13,16-17H,9-10H2,1-3H3. The maximum Gasteiger partial charge on any atom is 0.214 e. The highest BCUT2D eigenvalue weighted by Gasteiger charge is 2.15. The molecule has 0 aliphatic rings. The second-order valence-corrected chi connectivity index (χ2v) is 6.10. The lowest BCUT2D eigenvalue weighted by Crippen LogP contribution is -2.37. The molecule has 1 atom stereocenters. The predicted octanol–water partition coefficient (Wildman–Crippen LogP) is 2.48. The molecule has 19 heavy (non-hydrogen) atoms. The van der Waals surface area contributed by atoms with Crippen LogP contribution in [0.5, 0.6) is 0 Å². The topological polar surface area (TPSA) is 65.3 Å². The van der Waals surface area contributed by atoms with Crippen molar-refractivity contribution in [2.24, 2.45) is 0 Å². The summed E-state index contributed by atoms with van der Waals surface area (Å²) in [5.74, 6) is 0.454. The summed E-state index contributed by atoms with van der Waals surface area (Å²) in [5.41, 5.74) is 0.669. The molecule has 0 aromatic heterocycles. The van der Waals surface area contributed by atoms with Crippen LogP contribution in [0.3, 0.4) is 0 Å². The van der Waals surface area contributed by atoms with E-state index in [1.165, 1.54) is 11.8 Å². The zero-order valence-corrected chi connectivity index (χ0v) is 12.3. The third-order valence-electron chi connectivity index (χ3n) is 2.17. The maximum absolute atomic E-state index is 9.64. The molecule has 0 bridgehead atoms. The van der Waals surface area contributed by atoms with Crippen LogP contribution in [-0.2, 0) is 11.3 Å². The quantitative estimate of drug-likeness (QED) is 0.619. The summed E-state index contributed by atoms with van der Waals surface area (Å²) in [6.45, 7) is 6.19. The van der Waals surface area contributed by atoms with Crippen LogP contribution >= 0.6 is 11.8 Å². The van der Waals surface area contributed by atoms with E-state index in [-0.39, 0.29) is 5.60 Å². The lowest BCUT2D eigenvalue weighted by atomic mass is 10.2. The van der Waals surface area contributed by atoms with Gasteiger partial charge in [-0.15, -0.1) is 11.8 Å². The van der Waals surface area contributed by atoms with Gasteiger partial charge in [-0.3, -0.25) is 5.32 Å². The maximum atomic E-state index is 9.64. The minimum Gasteiger partial charge on any atom is -0.356 e. The fraction of sp³-hybridized carbons (Fsp3) is 0.500. The molecule has 104 valence electrons. The first kappa shape index (κ1) is 16.0. The molecular formula is C14H20N2O2S. The van der Waals surface area contributed by atoms with Gasteiger partial charge in [0.15, 0.2) is 0 Å². The highest BCUT2D eigenvalue weighted by molar-refractivity contribution is 7.99. The molecule has 0 fully saturated rings. The van der Waals surface area contributed by atoms with Crippen LogP contribution < -0.4 is 5.32 Å². The van der Waals surface area contributed by atoms with E-state index in [0.29, 0.717) is 12.3 Å². The van der Waals surface area contributed by atoms with Gasteiger partial charge in [0.05, 0.1) is 17.4 Å². The van der Waals surface area contributed by atoms with Gasteiger partial charge in [-0.05, 0) is 38.5 Å². The Morgan fingerprint density at radius 2 is 2.00 bits per heavy atom. The van der Waals surface area contributed by atoms with Crippen molar-refractivity contribution in [2.45, 2.75) is 44.2 Å². The molecule has 0 aliphatic heterocycles. The number of thioether (sulfide) groups is 1. The normalized spacial score (nSPS) is 13.0. The van der Waals surface area contributed by atoms with Gasteiger partial charge in [-0.25, -0.2) is 0 Å². The summed E-state index contributed by atoms with van der Waals surface area (Å²) in [6.07, 6.45) is -0.979. The summed E-state index contributed by atoms with van der Waals surface area (Å²) >= 11 is 1.51. The number of hydrogen-bond acceptors (Lipinski definition) is 5. The predicted molar refractivity (Wildman–Crippen MR) is 76.5 cm³/mol. The van der Waals surface area contributed by atoms with E-state index in [0.717, 1.165) is 10.5 Å². The van der Waals surface area contributed by atoms with E-state index >= 15 is 0 Å². The molecule has 1 rings (SSSR count). The van der Waals surface area contributed by atoms with E-state index in [1.807, 2.05) is 45.0 Å². The van der Waals surface area contributed by atoms with Crippen LogP contribution in [0.2, 0.25) is 0 Å². The Labute approximate surface area is 118 Å². The summed E-state index contributed by atoms with van der Waals surface area (Å²) < 4.78 is 5.34. The van der Waals surface area contributed by atoms with E-state index in [1.54, 1.807) is 0 Å². The van der Waals surface area contributed by atoms with Crippen molar-refractivity contribution < 1.29 is 9.84 Å². The molecule has 0 spiro atoms. The summed E-state index contributed by atoms with van der Waals surface area (Å²) in [4.78, 5) is 1.07. The van der Waals surface area contributed by atoms with Gasteiger partial charge in [0.2, 0.25) is 6.41 Å². The number of nitrogens with zero attached hydrogens (tertiary/aromatic N) is 1. The van der Waals surface area contributed by atoms with Crippen LogP contribution in [0.15, 0.2) is 29.2 Å². The number of benzene rings is 1. The fourth-order valence-electron chi connectivity index (χ4n) is 1.40. The molecule has 2 N–H and O–H groups in total. The summed E-state index contributed by atoms with van der Waals surface area (Å²) in [6, 6.07) is 9.97. The second-order valence-electron chi connectivity index (χ2n) is 5.05. The van der Waals surface area contributed by atoms with Gasteiger partial charge < -0.3 is 9.84 Å². The van der Waals surface area contributed by atoms with E-state index in [2.05, 4.69) is 11.4 Å². The largest absolute Gasteiger partial charge is 0.356 e. The van der Waals surface area contributed by atoms with Crippen LogP contribution in [0.4, 0.5) is 0 Å². The van der Waals surface area contributed by atoms with Crippen LogP contribution in [0.25, 0.3) is 0 Å². The van der Waals surface area contributed by atoms with Crippen molar-refractivity contribution in [1.29, 1.82) is 5.26 Å². The molecule has 0 saturated carbocycles. The number of nitriles is 1. The van der Waals surface area contributed by atoms with Gasteiger partial charge in [0, 0.05) is 11.4 Å². The van der Waals surface area contributed by atoms with Crippen molar-refractivity contribution in [3.8, 4) is 6.07 Å². The minimum absolute atomic E-state index is 0.385. The third kappa shape index (κ3) is 7.19. The summed E-state index contributed by atoms with van der Waals surface area (Å²) in [5, 5.41) is 21.0. The molecular weight excluding hydrogens is 260 g/mol. The fourth-order valence-corrected chi connectivity index (χ4v) is 1.96. The number of ether oxygens (including phenoxy) is 1. The molecule has 4 nitrogen and oxygen atoms in total. The Morgan fingerprint density at radius 3 is 2.53 bits per heavy atom. The number of nitrogens with one attached hydrogen (secondary N) is 1. The van der Waals surface area contributed by atoms with Crippen molar-refractivity contribution in [3.63, 3.8) is 0 Å². The first-order valence-electron chi connectivity index (χ1n) is 6.09. The minimum atomic E-state index is -0.979. The lowest BCUT2D eigenvalue weighted by molar-refractivity contribution is -0.182. The Balaban J connectivity index is 2.39. The monoisotopic (exact) mass is 280 g/mol. The van der Waals surface area contributed by atoms with Gasteiger partial charge in [0.25, 0.3) is 0 Å². The molecule has 5 heteroatoms. The first-order chi connectivity index (χ1) is 8.90. The average Bonchev–Trinajstić information content (AvgIpc) is 2.33. The van der Waals surface area contributed by atoms with Crippen molar-refractivity contribution in [3.05, 3.63) is 29.8 Å². The van der Waals surface area contributed by atoms with E-state index < -0.39 is 6.41 Å². The highest BCUT2D eigenvalue weighted by Crippen LogP contribution is 2.17. The Hall–Kier alpha value is -1.06. The Kier molecular flexibility index (Phi) is 6.32. The molecule has 1 aromatic rings. The van der Waals surface area contributed by atoms with Crippen LogP contribution in [-0.4, -0.2) is 22.9 Å². The van der Waals surface area contributed by atoms with Gasteiger partial charge in [-0.1, -0.05) is 12.1 Å². The van der Waals surface area contributed by atoms with Crippen LogP contribution in [0, 0.1) is 11.3 Å². The molecule has 1 aromatic carbocycles. The van der Waals surface area contributed by atoms with Crippen LogP contribution in [0.1, 0.15) is 26.3 Å². The molecule has 0 heterocycles. The van der Waals surface area contributed by atoms with Crippen molar-refractivity contribution >= 4 is 11.8 Å². The first-order valence-corrected chi connectivity index (χ1v) is 7.07. The second kappa shape index (κ2) is 7.51. The molecule has 0 aliphatic carbocycles. The molecule has 0 amide bonds. The van der Waals surface area contributed by atoms with Gasteiger partial charge >= 0.3 is 0 Å². The van der Waals surface area contributed by atoms with Crippen molar-refractivity contribution in [2.75, 3.05) is 5.75 Å². The Morgan fingerprint density at radius 1 is 1.37 bits per heavy atom. The average molecular weight is 280 g/mol.